The predicted molar refractivity (Wildman–Crippen MR) is 91.2 cm³/mol. The third-order valence-corrected chi connectivity index (χ3v) is 4.14. The Morgan fingerprint density at radius 2 is 2.21 bits per heavy atom. The third kappa shape index (κ3) is 3.43. The van der Waals surface area contributed by atoms with E-state index in [0.717, 1.165) is 16.5 Å². The molecule has 0 spiro atoms. The van der Waals surface area contributed by atoms with Crippen LogP contribution in [-0.2, 0) is 16.0 Å². The van der Waals surface area contributed by atoms with Crippen molar-refractivity contribution >= 4 is 39.2 Å². The summed E-state index contributed by atoms with van der Waals surface area (Å²) in [7, 11) is 0. The van der Waals surface area contributed by atoms with Crippen molar-refractivity contribution in [1.82, 2.24) is 15.2 Å². The number of thiazole rings is 1. The highest BCUT2D eigenvalue weighted by atomic mass is 32.1. The molecule has 1 aromatic carbocycles. The minimum absolute atomic E-state index is 0.0880. The van der Waals surface area contributed by atoms with Crippen LogP contribution in [0.1, 0.15) is 28.7 Å². The summed E-state index contributed by atoms with van der Waals surface area (Å²) in [5.74, 6) is -0.682. The number of amides is 1. The van der Waals surface area contributed by atoms with Gasteiger partial charge in [0.15, 0.2) is 10.8 Å². The lowest BCUT2D eigenvalue weighted by molar-refractivity contribution is -0.142. The van der Waals surface area contributed by atoms with Gasteiger partial charge in [-0.15, -0.1) is 11.3 Å². The second kappa shape index (κ2) is 6.79. The fourth-order valence-corrected chi connectivity index (χ4v) is 2.97. The summed E-state index contributed by atoms with van der Waals surface area (Å²) in [6, 6.07) is 5.74. The van der Waals surface area contributed by atoms with Crippen molar-refractivity contribution in [2.45, 2.75) is 20.3 Å². The van der Waals surface area contributed by atoms with E-state index in [-0.39, 0.29) is 18.3 Å². The Hall–Kier alpha value is -2.74. The number of rotatable bonds is 5. The molecule has 0 unspecified atom stereocenters. The summed E-state index contributed by atoms with van der Waals surface area (Å²) in [6.45, 7) is 4.04. The molecule has 24 heavy (non-hydrogen) atoms. The van der Waals surface area contributed by atoms with Crippen LogP contribution in [-0.4, -0.2) is 33.7 Å². The Kier molecular flexibility index (Phi) is 4.57. The molecule has 3 rings (SSSR count). The molecule has 0 atom stereocenters. The summed E-state index contributed by atoms with van der Waals surface area (Å²) < 4.78 is 4.88. The lowest BCUT2D eigenvalue weighted by Gasteiger charge is -2.00. The molecule has 7 nitrogen and oxygen atoms in total. The van der Waals surface area contributed by atoms with Crippen LogP contribution in [0.4, 0.5) is 5.13 Å². The molecule has 0 fully saturated rings. The molecule has 8 heteroatoms. The highest BCUT2D eigenvalue weighted by molar-refractivity contribution is 7.14. The number of aryl methyl sites for hydroxylation is 1. The summed E-state index contributed by atoms with van der Waals surface area (Å²) in [6.07, 6.45) is 0.0880. The summed E-state index contributed by atoms with van der Waals surface area (Å²) in [4.78, 5) is 28.1. The van der Waals surface area contributed by atoms with Gasteiger partial charge >= 0.3 is 5.97 Å². The maximum absolute atomic E-state index is 12.4. The van der Waals surface area contributed by atoms with Gasteiger partial charge in [0, 0.05) is 10.8 Å². The van der Waals surface area contributed by atoms with Crippen LogP contribution in [0.5, 0.6) is 0 Å². The van der Waals surface area contributed by atoms with Crippen molar-refractivity contribution in [3.63, 3.8) is 0 Å². The van der Waals surface area contributed by atoms with Crippen LogP contribution in [0, 0.1) is 6.92 Å². The number of hydrogen-bond acceptors (Lipinski definition) is 6. The van der Waals surface area contributed by atoms with E-state index in [0.29, 0.717) is 23.1 Å². The van der Waals surface area contributed by atoms with Crippen LogP contribution in [0.15, 0.2) is 23.6 Å². The highest BCUT2D eigenvalue weighted by Gasteiger charge is 2.16. The molecule has 2 aromatic heterocycles. The molecule has 0 aliphatic carbocycles. The number of nitrogens with zero attached hydrogens (tertiary/aromatic N) is 2. The zero-order valence-corrected chi connectivity index (χ0v) is 14.1. The van der Waals surface area contributed by atoms with Crippen molar-refractivity contribution in [2.24, 2.45) is 0 Å². The number of aromatic nitrogens is 3. The van der Waals surface area contributed by atoms with E-state index in [9.17, 15) is 9.59 Å². The van der Waals surface area contributed by atoms with E-state index in [1.165, 1.54) is 11.3 Å². The first-order valence-corrected chi connectivity index (χ1v) is 8.31. The molecular formula is C16H16N4O3S. The second-order valence-electron chi connectivity index (χ2n) is 5.20. The molecule has 2 N–H and O–H groups in total. The molecule has 124 valence electrons. The number of ether oxygens (including phenoxy) is 1. The first-order chi connectivity index (χ1) is 11.6. The number of aromatic amines is 1. The maximum atomic E-state index is 12.4. The predicted octanol–water partition coefficient (Wildman–Crippen LogP) is 2.69. The van der Waals surface area contributed by atoms with Crippen molar-refractivity contribution < 1.29 is 14.3 Å². The molecule has 0 aliphatic rings. The lowest BCUT2D eigenvalue weighted by Crippen LogP contribution is -2.13. The van der Waals surface area contributed by atoms with E-state index < -0.39 is 0 Å². The molecule has 0 saturated carbocycles. The molecular weight excluding hydrogens is 328 g/mol. The van der Waals surface area contributed by atoms with Crippen molar-refractivity contribution in [3.8, 4) is 0 Å². The molecule has 0 aliphatic heterocycles. The van der Waals surface area contributed by atoms with E-state index in [1.807, 2.05) is 25.1 Å². The van der Waals surface area contributed by atoms with E-state index in [4.69, 9.17) is 4.74 Å². The Bertz CT molecular complexity index is 900. The van der Waals surface area contributed by atoms with Gasteiger partial charge in [-0.25, -0.2) is 4.98 Å². The van der Waals surface area contributed by atoms with Gasteiger partial charge in [0.1, 0.15) is 0 Å². The van der Waals surface area contributed by atoms with Gasteiger partial charge in [-0.3, -0.25) is 20.0 Å². The Morgan fingerprint density at radius 3 is 3.00 bits per heavy atom. The van der Waals surface area contributed by atoms with Crippen LogP contribution in [0.2, 0.25) is 0 Å². The minimum atomic E-state index is -0.344. The minimum Gasteiger partial charge on any atom is -0.466 e. The van der Waals surface area contributed by atoms with E-state index in [1.54, 1.807) is 12.3 Å². The smallest absolute Gasteiger partial charge is 0.311 e. The summed E-state index contributed by atoms with van der Waals surface area (Å²) >= 11 is 1.25. The number of carbonyl (C=O) groups is 2. The largest absolute Gasteiger partial charge is 0.466 e. The fraction of sp³-hybridized carbons (Fsp3) is 0.250. The molecule has 0 bridgehead atoms. The quantitative estimate of drug-likeness (QED) is 0.694. The number of benzene rings is 1. The Labute approximate surface area is 142 Å². The third-order valence-electron chi connectivity index (χ3n) is 3.34. The van der Waals surface area contributed by atoms with Crippen molar-refractivity contribution in [2.75, 3.05) is 11.9 Å². The molecule has 0 saturated heterocycles. The number of H-pyrrole nitrogens is 1. The highest BCUT2D eigenvalue weighted by Crippen LogP contribution is 2.21. The zero-order chi connectivity index (χ0) is 17.1. The average molecular weight is 344 g/mol. The van der Waals surface area contributed by atoms with Gasteiger partial charge < -0.3 is 4.74 Å². The lowest BCUT2D eigenvalue weighted by atomic mass is 10.1. The number of esters is 1. The number of hydrogen-bond donors (Lipinski definition) is 2. The molecule has 0 radical (unpaired) electrons. The van der Waals surface area contributed by atoms with Gasteiger partial charge in [0.25, 0.3) is 5.91 Å². The number of anilines is 1. The topological polar surface area (TPSA) is 97.0 Å². The molecule has 1 amide bonds. The summed E-state index contributed by atoms with van der Waals surface area (Å²) in [5.41, 5.74) is 2.73. The normalized spacial score (nSPS) is 10.8. The van der Waals surface area contributed by atoms with Gasteiger partial charge in [-0.05, 0) is 26.0 Å². The van der Waals surface area contributed by atoms with Gasteiger partial charge in [0.05, 0.1) is 24.2 Å². The first kappa shape index (κ1) is 16.1. The molecule has 3 aromatic rings. The SMILES string of the molecule is CCOC(=O)Cc1csc(NC(=O)c2n[nH]c3ccc(C)cc23)n1. The van der Waals surface area contributed by atoms with Crippen molar-refractivity contribution in [3.05, 3.63) is 40.5 Å². The van der Waals surface area contributed by atoms with E-state index in [2.05, 4.69) is 20.5 Å². The summed E-state index contributed by atoms with van der Waals surface area (Å²) in [5, 5.41) is 12.5. The van der Waals surface area contributed by atoms with Crippen LogP contribution >= 0.6 is 11.3 Å². The Balaban J connectivity index is 1.73. The zero-order valence-electron chi connectivity index (χ0n) is 13.3. The first-order valence-electron chi connectivity index (χ1n) is 7.43. The fourth-order valence-electron chi connectivity index (χ4n) is 2.26. The van der Waals surface area contributed by atoms with Gasteiger partial charge in [0.2, 0.25) is 0 Å². The number of nitrogens with one attached hydrogen (secondary N) is 2. The monoisotopic (exact) mass is 344 g/mol. The maximum Gasteiger partial charge on any atom is 0.311 e. The second-order valence-corrected chi connectivity index (χ2v) is 6.06. The van der Waals surface area contributed by atoms with Crippen LogP contribution < -0.4 is 5.32 Å². The Morgan fingerprint density at radius 1 is 1.38 bits per heavy atom. The average Bonchev–Trinajstić information content (AvgIpc) is 3.13. The van der Waals surface area contributed by atoms with Crippen LogP contribution in [0.3, 0.4) is 0 Å². The van der Waals surface area contributed by atoms with Crippen LogP contribution in [0.25, 0.3) is 10.9 Å². The van der Waals surface area contributed by atoms with E-state index >= 15 is 0 Å². The van der Waals surface area contributed by atoms with Gasteiger partial charge in [-0.2, -0.15) is 5.10 Å². The van der Waals surface area contributed by atoms with Gasteiger partial charge in [-0.1, -0.05) is 11.6 Å². The number of fused-ring (bicyclic) bond motifs is 1. The standard InChI is InChI=1S/C16H16N4O3S/c1-3-23-13(21)7-10-8-24-16(17-10)18-15(22)14-11-6-9(2)4-5-12(11)19-20-14/h4-6,8H,3,7H2,1-2H3,(H,19,20)(H,17,18,22). The molecule has 2 heterocycles. The van der Waals surface area contributed by atoms with Crippen molar-refractivity contribution in [1.29, 1.82) is 0 Å². The number of carbonyl (C=O) groups excluding carboxylic acids is 2.